The second-order valence-electron chi connectivity index (χ2n) is 3.96. The molecule has 0 spiro atoms. The Morgan fingerprint density at radius 1 is 1.33 bits per heavy atom. The molecular formula is C9H11N5O. The zero-order valence-electron chi connectivity index (χ0n) is 8.48. The SMILES string of the molecule is CC1(C)C=Nc2nc(N)[nH]c(=O)c2N=C1. The number of hydrogen-bond acceptors (Lipinski definition) is 5. The van der Waals surface area contributed by atoms with Gasteiger partial charge < -0.3 is 5.73 Å². The number of nitrogens with two attached hydrogens (primary N) is 1. The van der Waals surface area contributed by atoms with E-state index in [1.165, 1.54) is 0 Å². The number of nitrogens with zero attached hydrogens (tertiary/aromatic N) is 3. The lowest BCUT2D eigenvalue weighted by Gasteiger charge is -2.08. The molecule has 15 heavy (non-hydrogen) atoms. The zero-order chi connectivity index (χ0) is 11.1. The van der Waals surface area contributed by atoms with Gasteiger partial charge in [-0.05, 0) is 13.8 Å². The standard InChI is InChI=1S/C9H11N5O/c1-9(2)3-11-5-6(12-4-9)13-8(10)14-7(5)15/h3-4H,1-2H3,(H3,10,13,14,15). The van der Waals surface area contributed by atoms with E-state index in [-0.39, 0.29) is 28.4 Å². The summed E-state index contributed by atoms with van der Waals surface area (Å²) < 4.78 is 0. The van der Waals surface area contributed by atoms with Gasteiger partial charge in [-0.15, -0.1) is 0 Å². The van der Waals surface area contributed by atoms with Crippen molar-refractivity contribution < 1.29 is 0 Å². The first kappa shape index (κ1) is 9.57. The molecule has 3 N–H and O–H groups in total. The summed E-state index contributed by atoms with van der Waals surface area (Å²) in [6.07, 6.45) is 3.35. The Balaban J connectivity index is 2.68. The summed E-state index contributed by atoms with van der Waals surface area (Å²) in [6, 6.07) is 0. The van der Waals surface area contributed by atoms with Crippen molar-refractivity contribution in [2.75, 3.05) is 5.73 Å². The highest BCUT2D eigenvalue weighted by atomic mass is 16.1. The maximum absolute atomic E-state index is 11.5. The van der Waals surface area contributed by atoms with Crippen LogP contribution in [-0.4, -0.2) is 22.4 Å². The molecule has 2 heterocycles. The highest BCUT2D eigenvalue weighted by Crippen LogP contribution is 2.25. The van der Waals surface area contributed by atoms with Crippen LogP contribution in [-0.2, 0) is 0 Å². The number of anilines is 1. The average Bonchev–Trinajstić information content (AvgIpc) is 2.26. The number of rotatable bonds is 0. The van der Waals surface area contributed by atoms with Gasteiger partial charge >= 0.3 is 0 Å². The quantitative estimate of drug-likeness (QED) is 0.655. The molecule has 0 amide bonds. The highest BCUT2D eigenvalue weighted by molar-refractivity contribution is 5.93. The largest absolute Gasteiger partial charge is 0.369 e. The van der Waals surface area contributed by atoms with Gasteiger partial charge in [0.25, 0.3) is 5.56 Å². The molecule has 0 bridgehead atoms. The van der Waals surface area contributed by atoms with Crippen molar-refractivity contribution >= 4 is 29.9 Å². The summed E-state index contributed by atoms with van der Waals surface area (Å²) in [5, 5.41) is 0. The van der Waals surface area contributed by atoms with Crippen molar-refractivity contribution in [3.63, 3.8) is 0 Å². The van der Waals surface area contributed by atoms with Crippen molar-refractivity contribution in [3.05, 3.63) is 10.4 Å². The molecule has 0 atom stereocenters. The van der Waals surface area contributed by atoms with E-state index in [4.69, 9.17) is 5.73 Å². The van der Waals surface area contributed by atoms with Crippen molar-refractivity contribution in [3.8, 4) is 0 Å². The zero-order valence-corrected chi connectivity index (χ0v) is 8.48. The predicted molar refractivity (Wildman–Crippen MR) is 59.4 cm³/mol. The second-order valence-corrected chi connectivity index (χ2v) is 3.96. The molecule has 0 fully saturated rings. The molecule has 78 valence electrons. The van der Waals surface area contributed by atoms with E-state index >= 15 is 0 Å². The molecular weight excluding hydrogens is 194 g/mol. The van der Waals surface area contributed by atoms with E-state index in [9.17, 15) is 4.79 Å². The molecule has 2 rings (SSSR count). The van der Waals surface area contributed by atoms with Gasteiger partial charge in [-0.1, -0.05) is 0 Å². The molecule has 0 aliphatic carbocycles. The summed E-state index contributed by atoms with van der Waals surface area (Å²) in [5.74, 6) is 0.309. The molecule has 1 aliphatic rings. The Morgan fingerprint density at radius 3 is 2.73 bits per heavy atom. The molecule has 0 radical (unpaired) electrons. The van der Waals surface area contributed by atoms with Gasteiger partial charge in [0.2, 0.25) is 5.95 Å². The second kappa shape index (κ2) is 3.01. The molecule has 0 saturated heterocycles. The highest BCUT2D eigenvalue weighted by Gasteiger charge is 2.17. The topological polar surface area (TPSA) is 96.5 Å². The van der Waals surface area contributed by atoms with Crippen LogP contribution in [0.25, 0.3) is 0 Å². The van der Waals surface area contributed by atoms with E-state index < -0.39 is 0 Å². The monoisotopic (exact) mass is 205 g/mol. The Labute approximate surface area is 86.0 Å². The third kappa shape index (κ3) is 1.78. The summed E-state index contributed by atoms with van der Waals surface area (Å²) in [4.78, 5) is 25.9. The Hall–Kier alpha value is -1.98. The number of aliphatic imine (C=N–C) groups is 2. The van der Waals surface area contributed by atoms with Crippen LogP contribution in [0.2, 0.25) is 0 Å². The van der Waals surface area contributed by atoms with E-state index in [2.05, 4.69) is 20.0 Å². The first-order chi connectivity index (χ1) is 6.98. The number of nitrogens with one attached hydrogen (secondary N) is 1. The van der Waals surface area contributed by atoms with Crippen LogP contribution in [0.5, 0.6) is 0 Å². The van der Waals surface area contributed by atoms with Crippen molar-refractivity contribution in [1.29, 1.82) is 0 Å². The van der Waals surface area contributed by atoms with Gasteiger partial charge in [0.1, 0.15) is 0 Å². The molecule has 0 saturated carbocycles. The van der Waals surface area contributed by atoms with Crippen molar-refractivity contribution in [2.45, 2.75) is 13.8 Å². The maximum atomic E-state index is 11.5. The minimum Gasteiger partial charge on any atom is -0.369 e. The van der Waals surface area contributed by atoms with Crippen LogP contribution < -0.4 is 11.3 Å². The summed E-state index contributed by atoms with van der Waals surface area (Å²) >= 11 is 0. The minimum atomic E-state index is -0.372. The third-order valence-electron chi connectivity index (χ3n) is 1.94. The van der Waals surface area contributed by atoms with E-state index in [0.29, 0.717) is 0 Å². The number of aromatic amines is 1. The van der Waals surface area contributed by atoms with E-state index in [1.54, 1.807) is 12.4 Å². The Morgan fingerprint density at radius 2 is 2.00 bits per heavy atom. The fourth-order valence-electron chi connectivity index (χ4n) is 1.17. The molecule has 1 aliphatic heterocycles. The Kier molecular flexibility index (Phi) is 1.92. The molecule has 1 aromatic heterocycles. The summed E-state index contributed by atoms with van der Waals surface area (Å²) in [7, 11) is 0. The van der Waals surface area contributed by atoms with Crippen LogP contribution >= 0.6 is 0 Å². The van der Waals surface area contributed by atoms with Gasteiger partial charge in [0, 0.05) is 17.8 Å². The lowest BCUT2D eigenvalue weighted by atomic mass is 9.98. The normalized spacial score (nSPS) is 17.2. The first-order valence-corrected chi connectivity index (χ1v) is 4.48. The number of hydrogen-bond donors (Lipinski definition) is 2. The van der Waals surface area contributed by atoms with Gasteiger partial charge in [-0.2, -0.15) is 4.98 Å². The molecule has 6 heteroatoms. The van der Waals surface area contributed by atoms with E-state index in [0.717, 1.165) is 0 Å². The smallest absolute Gasteiger partial charge is 0.280 e. The molecule has 6 nitrogen and oxygen atoms in total. The van der Waals surface area contributed by atoms with Crippen LogP contribution in [0.1, 0.15) is 13.8 Å². The van der Waals surface area contributed by atoms with Gasteiger partial charge in [-0.3, -0.25) is 14.8 Å². The number of H-pyrrole nitrogens is 1. The lowest BCUT2D eigenvalue weighted by molar-refractivity contribution is 0.767. The number of aromatic nitrogens is 2. The van der Waals surface area contributed by atoms with E-state index in [1.807, 2.05) is 13.8 Å². The third-order valence-corrected chi connectivity index (χ3v) is 1.94. The molecule has 0 unspecified atom stereocenters. The fraction of sp³-hybridized carbons (Fsp3) is 0.333. The van der Waals surface area contributed by atoms with Crippen LogP contribution in [0, 0.1) is 5.41 Å². The Bertz CT molecular complexity index is 512. The number of nitrogen functional groups attached to an aromatic ring is 1. The molecule has 0 aromatic carbocycles. The van der Waals surface area contributed by atoms with Crippen molar-refractivity contribution in [2.24, 2.45) is 15.4 Å². The first-order valence-electron chi connectivity index (χ1n) is 4.48. The van der Waals surface area contributed by atoms with Gasteiger partial charge in [0.05, 0.1) is 0 Å². The van der Waals surface area contributed by atoms with Crippen LogP contribution in [0.3, 0.4) is 0 Å². The lowest BCUT2D eigenvalue weighted by Crippen LogP contribution is -2.13. The van der Waals surface area contributed by atoms with Gasteiger partial charge in [0.15, 0.2) is 11.5 Å². The summed E-state index contributed by atoms with van der Waals surface area (Å²) in [6.45, 7) is 3.87. The van der Waals surface area contributed by atoms with Crippen LogP contribution in [0.15, 0.2) is 14.8 Å². The average molecular weight is 205 g/mol. The van der Waals surface area contributed by atoms with Gasteiger partial charge in [-0.25, -0.2) is 4.99 Å². The summed E-state index contributed by atoms with van der Waals surface area (Å²) in [5.41, 5.74) is 4.95. The minimum absolute atomic E-state index is 0.0470. The maximum Gasteiger partial charge on any atom is 0.280 e. The fourth-order valence-corrected chi connectivity index (χ4v) is 1.17. The molecule has 1 aromatic rings. The van der Waals surface area contributed by atoms with Crippen LogP contribution in [0.4, 0.5) is 17.5 Å². The van der Waals surface area contributed by atoms with Crippen molar-refractivity contribution in [1.82, 2.24) is 9.97 Å². The number of fused-ring (bicyclic) bond motifs is 1. The predicted octanol–water partition coefficient (Wildman–Crippen LogP) is 0.796.